The summed E-state index contributed by atoms with van der Waals surface area (Å²) in [7, 11) is 0. The quantitative estimate of drug-likeness (QED) is 0.0518. The van der Waals surface area contributed by atoms with Gasteiger partial charge in [-0.3, -0.25) is 9.59 Å². The molecule has 5 aliphatic carbocycles. The zero-order valence-electron chi connectivity index (χ0n) is 63.5. The largest absolute Gasteiger partial charge is 0.444 e. The van der Waals surface area contributed by atoms with E-state index in [1.165, 1.54) is 31.3 Å². The number of amides is 2. The van der Waals surface area contributed by atoms with E-state index in [4.69, 9.17) is 56.8 Å². The molecular weight excluding hydrogens is 1280 g/mol. The third-order valence-electron chi connectivity index (χ3n) is 26.3. The molecule has 9 aliphatic rings. The van der Waals surface area contributed by atoms with Crippen molar-refractivity contribution in [3.8, 4) is 0 Å². The minimum Gasteiger partial charge on any atom is -0.444 e. The summed E-state index contributed by atoms with van der Waals surface area (Å²) in [4.78, 5) is 43.4. The second kappa shape index (κ2) is 31.0. The second-order valence-electron chi connectivity index (χ2n) is 35.1. The standard InChI is InChI=1S/C84H122N2O15/c1-52-37-39-81(13)60(53(52)2)38-40-83(15)65(81)36-35-61-62-46-79(9,10)41-43-84(62,44-42-82(61,83)14)76(88)98-74-69(54(3)67(63(95-74)50-90-47-57-28-20-16-21-29-57)86-66(87)34-26-19-27-45-85-77(89)101-78(6,7)8)96-75-72-71(99-80(11,12)100-72)70(56(5)94-75)97-73-55(4)68(92-49-59-32-24-18-25-33-59)64(51-93-73)91-48-58-30-22-17-23-31-58/h16-18,20-25,28-33,35,52-56,60,62-65,67-75H,19,26-27,34,36-51H2,1-15H3,(H,85,89)(H,86,87)/t52-,53?,54?,55?,56?,60-,62?,63?,64+,65?,67+,68?,69?,70-,71?,72?,73-,74-,75-,81?,82+,83-,84-/m0/s1. The molecule has 4 saturated heterocycles. The van der Waals surface area contributed by atoms with Crippen LogP contribution in [-0.4, -0.2) is 123 Å². The van der Waals surface area contributed by atoms with Crippen molar-refractivity contribution in [2.75, 3.05) is 19.8 Å². The molecule has 17 nitrogen and oxygen atoms in total. The van der Waals surface area contributed by atoms with Gasteiger partial charge in [-0.2, -0.15) is 0 Å². The van der Waals surface area contributed by atoms with Crippen LogP contribution in [0.2, 0.25) is 0 Å². The van der Waals surface area contributed by atoms with Gasteiger partial charge in [-0.05, 0) is 187 Å². The highest BCUT2D eigenvalue weighted by molar-refractivity contribution is 5.79. The molecule has 12 rings (SSSR count). The molecule has 0 spiro atoms. The molecule has 2 N–H and O–H groups in total. The first-order valence-electron chi connectivity index (χ1n) is 38.7. The van der Waals surface area contributed by atoms with Gasteiger partial charge in [0.05, 0.1) is 56.7 Å². The Balaban J connectivity index is 0.831. The zero-order valence-corrected chi connectivity index (χ0v) is 63.5. The Labute approximate surface area is 603 Å². The number of hydrogen-bond acceptors (Lipinski definition) is 15. The molecule has 558 valence electrons. The summed E-state index contributed by atoms with van der Waals surface area (Å²) in [5.74, 6) is 0.324. The number of alkyl carbamates (subject to hydrolysis) is 1. The average Bonchev–Trinajstić information content (AvgIpc) is 1.04. The lowest BCUT2D eigenvalue weighted by atomic mass is 9.34. The summed E-state index contributed by atoms with van der Waals surface area (Å²) < 4.78 is 82.1. The van der Waals surface area contributed by atoms with Crippen LogP contribution in [0, 0.1) is 68.5 Å². The third kappa shape index (κ3) is 16.3. The first-order valence-corrected chi connectivity index (χ1v) is 38.7. The van der Waals surface area contributed by atoms with Crippen molar-refractivity contribution >= 4 is 18.0 Å². The Kier molecular flexibility index (Phi) is 23.3. The van der Waals surface area contributed by atoms with Gasteiger partial charge in [0.1, 0.15) is 42.2 Å². The van der Waals surface area contributed by atoms with Crippen LogP contribution >= 0.6 is 0 Å². The Morgan fingerprint density at radius 3 is 1.96 bits per heavy atom. The van der Waals surface area contributed by atoms with Crippen LogP contribution in [0.5, 0.6) is 0 Å². The molecule has 4 saturated carbocycles. The minimum atomic E-state index is -1.26. The molecule has 12 unspecified atom stereocenters. The SMILES string of the molecule is CC1C(OCc2ccccc2)[C@H](OCc2ccccc2)CO[C@H]1O[C@H]1C(C)O[C@@H](OC2C(C)[C@@H](NC(=O)CCCCCNC(=O)OC(C)(C)C)C(COCc3ccccc3)O[C@H]2OC(=O)[C@]23CCC(C)(C)CC2C2=CCC4C5(C)CC[C@H](C)C(C)[C@@H]5CC[C@]4(C)[C@]2(C)CC3)C2OC(C)(C)OC21. The van der Waals surface area contributed by atoms with Gasteiger partial charge in [0.2, 0.25) is 12.2 Å². The molecule has 17 heteroatoms. The van der Waals surface area contributed by atoms with Crippen LogP contribution in [0.4, 0.5) is 4.79 Å². The second-order valence-corrected chi connectivity index (χ2v) is 35.1. The molecule has 8 fully saturated rings. The van der Waals surface area contributed by atoms with Crippen molar-refractivity contribution in [1.29, 1.82) is 0 Å². The normalized spacial score (nSPS) is 39.4. The van der Waals surface area contributed by atoms with E-state index in [1.807, 2.05) is 115 Å². The van der Waals surface area contributed by atoms with Crippen molar-refractivity contribution in [1.82, 2.24) is 10.6 Å². The van der Waals surface area contributed by atoms with Crippen LogP contribution < -0.4 is 10.6 Å². The predicted octanol–water partition coefficient (Wildman–Crippen LogP) is 15.9. The lowest BCUT2D eigenvalue weighted by Crippen LogP contribution is -2.66. The van der Waals surface area contributed by atoms with Crippen molar-refractivity contribution in [3.63, 3.8) is 0 Å². The molecule has 23 atom stereocenters. The van der Waals surface area contributed by atoms with E-state index in [-0.39, 0.29) is 71.1 Å². The smallest absolute Gasteiger partial charge is 0.407 e. The number of benzene rings is 3. The first-order chi connectivity index (χ1) is 48.0. The highest BCUT2D eigenvalue weighted by atomic mass is 16.8. The van der Waals surface area contributed by atoms with Crippen molar-refractivity contribution in [2.24, 2.45) is 68.5 Å². The number of nitrogens with one attached hydrogen (secondary N) is 2. The van der Waals surface area contributed by atoms with E-state index in [0.29, 0.717) is 70.3 Å². The number of carbonyl (C=O) groups is 3. The molecule has 101 heavy (non-hydrogen) atoms. The molecule has 3 aromatic rings. The van der Waals surface area contributed by atoms with Crippen molar-refractivity contribution in [3.05, 3.63) is 119 Å². The van der Waals surface area contributed by atoms with Crippen LogP contribution in [0.3, 0.4) is 0 Å². The fourth-order valence-corrected chi connectivity index (χ4v) is 20.2. The number of fused-ring (bicyclic) bond motifs is 8. The monoisotopic (exact) mass is 1400 g/mol. The first kappa shape index (κ1) is 75.9. The zero-order chi connectivity index (χ0) is 71.9. The van der Waals surface area contributed by atoms with Crippen LogP contribution in [0.1, 0.15) is 210 Å². The molecule has 0 aromatic heterocycles. The highest BCUT2D eigenvalue weighted by Crippen LogP contribution is 2.75. The molecular formula is C84H122N2O15. The molecule has 4 heterocycles. The molecule has 4 aliphatic heterocycles. The fourth-order valence-electron chi connectivity index (χ4n) is 20.2. The summed E-state index contributed by atoms with van der Waals surface area (Å²) in [6, 6.07) is 29.6. The average molecular weight is 1400 g/mol. The lowest BCUT2D eigenvalue weighted by Gasteiger charge is -2.70. The van der Waals surface area contributed by atoms with E-state index in [1.54, 1.807) is 0 Å². The van der Waals surface area contributed by atoms with E-state index in [9.17, 15) is 9.59 Å². The van der Waals surface area contributed by atoms with Gasteiger partial charge in [0, 0.05) is 24.8 Å². The van der Waals surface area contributed by atoms with Gasteiger partial charge in [0.25, 0.3) is 0 Å². The number of allylic oxidation sites excluding steroid dienone is 2. The van der Waals surface area contributed by atoms with E-state index < -0.39 is 96.5 Å². The highest BCUT2D eigenvalue weighted by Gasteiger charge is 2.69. The van der Waals surface area contributed by atoms with Gasteiger partial charge < -0.3 is 67.5 Å². The number of ether oxygens (including phenoxy) is 12. The molecule has 2 amide bonds. The Bertz CT molecular complexity index is 3290. The number of esters is 1. The number of hydrogen-bond donors (Lipinski definition) is 2. The number of rotatable bonds is 23. The number of carbonyl (C=O) groups excluding carboxylic acids is 3. The topological polar surface area (TPSA) is 186 Å². The summed E-state index contributed by atoms with van der Waals surface area (Å²) in [6.45, 7) is 34.8. The van der Waals surface area contributed by atoms with Gasteiger partial charge in [-0.15, -0.1) is 0 Å². The Hall–Kier alpha value is -4.79. The maximum atomic E-state index is 16.5. The maximum Gasteiger partial charge on any atom is 0.407 e. The van der Waals surface area contributed by atoms with Gasteiger partial charge in [-0.25, -0.2) is 4.79 Å². The summed E-state index contributed by atoms with van der Waals surface area (Å²) in [5, 5.41) is 6.24. The van der Waals surface area contributed by atoms with Crippen molar-refractivity contribution < 1.29 is 71.2 Å². The maximum absolute atomic E-state index is 16.5. The third-order valence-corrected chi connectivity index (χ3v) is 26.3. The van der Waals surface area contributed by atoms with Crippen molar-refractivity contribution in [2.45, 2.75) is 299 Å². The lowest BCUT2D eigenvalue weighted by molar-refractivity contribution is -0.354. The van der Waals surface area contributed by atoms with E-state index >= 15 is 4.79 Å². The predicted molar refractivity (Wildman–Crippen MR) is 385 cm³/mol. The van der Waals surface area contributed by atoms with Gasteiger partial charge in [0.15, 0.2) is 18.4 Å². The fraction of sp³-hybridized carbons (Fsp3) is 0.726. The molecule has 0 radical (unpaired) electrons. The Morgan fingerprint density at radius 2 is 1.28 bits per heavy atom. The summed E-state index contributed by atoms with van der Waals surface area (Å²) >= 11 is 0. The summed E-state index contributed by atoms with van der Waals surface area (Å²) in [6.07, 6.45) is 5.93. The minimum absolute atomic E-state index is 0.00240. The van der Waals surface area contributed by atoms with E-state index in [2.05, 4.69) is 96.4 Å². The van der Waals surface area contributed by atoms with E-state index in [0.717, 1.165) is 54.2 Å². The van der Waals surface area contributed by atoms with Gasteiger partial charge in [-0.1, -0.05) is 171 Å². The van der Waals surface area contributed by atoms with Crippen LogP contribution in [0.15, 0.2) is 103 Å². The molecule has 0 bridgehead atoms. The molecule has 3 aromatic carbocycles. The number of unbranched alkanes of at least 4 members (excludes halogenated alkanes) is 2. The summed E-state index contributed by atoms with van der Waals surface area (Å²) in [5.41, 5.74) is 3.37. The Morgan fingerprint density at radius 1 is 0.634 bits per heavy atom. The van der Waals surface area contributed by atoms with Gasteiger partial charge >= 0.3 is 12.1 Å². The van der Waals surface area contributed by atoms with Crippen LogP contribution in [0.25, 0.3) is 0 Å². The van der Waals surface area contributed by atoms with Crippen LogP contribution in [-0.2, 0) is 86.3 Å².